The van der Waals surface area contributed by atoms with E-state index in [-0.39, 0.29) is 18.0 Å². The Kier molecular flexibility index (Phi) is 3.24. The highest BCUT2D eigenvalue weighted by molar-refractivity contribution is 5.92. The van der Waals surface area contributed by atoms with Crippen LogP contribution in [-0.2, 0) is 7.05 Å². The molecule has 1 amide bonds. The highest BCUT2D eigenvalue weighted by Gasteiger charge is 2.21. The van der Waals surface area contributed by atoms with Gasteiger partial charge in [-0.25, -0.2) is 4.98 Å². The monoisotopic (exact) mass is 222 g/mol. The third-order valence-corrected chi connectivity index (χ3v) is 2.99. The molecule has 1 fully saturated rings. The topological polar surface area (TPSA) is 72.9 Å². The lowest BCUT2D eigenvalue weighted by Crippen LogP contribution is -2.42. The Hall–Kier alpha value is -1.36. The fourth-order valence-electron chi connectivity index (χ4n) is 2.15. The van der Waals surface area contributed by atoms with Gasteiger partial charge < -0.3 is 15.6 Å². The van der Waals surface area contributed by atoms with Crippen molar-refractivity contribution < 1.29 is 4.79 Å². The summed E-state index contributed by atoms with van der Waals surface area (Å²) in [6, 6.07) is 0.432. The maximum absolute atomic E-state index is 11.8. The van der Waals surface area contributed by atoms with Crippen molar-refractivity contribution in [3.8, 4) is 0 Å². The van der Waals surface area contributed by atoms with Gasteiger partial charge in [-0.05, 0) is 25.7 Å². The molecule has 1 aromatic heterocycles. The van der Waals surface area contributed by atoms with Crippen LogP contribution in [0.15, 0.2) is 12.5 Å². The van der Waals surface area contributed by atoms with E-state index in [0.29, 0.717) is 5.69 Å². The van der Waals surface area contributed by atoms with Crippen LogP contribution in [0.5, 0.6) is 0 Å². The van der Waals surface area contributed by atoms with Gasteiger partial charge in [-0.15, -0.1) is 0 Å². The lowest BCUT2D eigenvalue weighted by atomic mass is 9.91. The third kappa shape index (κ3) is 2.61. The molecule has 2 atom stereocenters. The summed E-state index contributed by atoms with van der Waals surface area (Å²) in [6.07, 6.45) is 7.40. The van der Waals surface area contributed by atoms with E-state index in [0.717, 1.165) is 25.7 Å². The number of nitrogens with zero attached hydrogens (tertiary/aromatic N) is 2. The van der Waals surface area contributed by atoms with Gasteiger partial charge in [0.25, 0.3) is 5.91 Å². The number of aryl methyl sites for hydroxylation is 1. The number of nitrogens with two attached hydrogens (primary N) is 1. The number of carbonyl (C=O) groups is 1. The summed E-state index contributed by atoms with van der Waals surface area (Å²) in [5.74, 6) is -0.0975. The Labute approximate surface area is 95.0 Å². The van der Waals surface area contributed by atoms with Crippen molar-refractivity contribution in [2.45, 2.75) is 37.8 Å². The highest BCUT2D eigenvalue weighted by Crippen LogP contribution is 2.17. The molecule has 2 rings (SSSR count). The molecule has 5 heteroatoms. The summed E-state index contributed by atoms with van der Waals surface area (Å²) in [6.45, 7) is 0. The molecule has 1 aliphatic rings. The zero-order chi connectivity index (χ0) is 11.5. The zero-order valence-electron chi connectivity index (χ0n) is 9.52. The summed E-state index contributed by atoms with van der Waals surface area (Å²) < 4.78 is 1.77. The van der Waals surface area contributed by atoms with E-state index in [9.17, 15) is 4.79 Å². The minimum Gasteiger partial charge on any atom is -0.348 e. The first-order chi connectivity index (χ1) is 7.65. The number of carbonyl (C=O) groups excluding carboxylic acids is 1. The molecule has 1 aromatic rings. The summed E-state index contributed by atoms with van der Waals surface area (Å²) in [7, 11) is 1.85. The molecule has 1 saturated carbocycles. The number of imidazole rings is 1. The predicted octanol–water partition coefficient (Wildman–Crippen LogP) is 0.420. The van der Waals surface area contributed by atoms with Crippen LogP contribution in [0.3, 0.4) is 0 Å². The molecule has 0 saturated heterocycles. The molecular weight excluding hydrogens is 204 g/mol. The van der Waals surface area contributed by atoms with Crippen LogP contribution in [0.25, 0.3) is 0 Å². The Morgan fingerprint density at radius 1 is 1.62 bits per heavy atom. The van der Waals surface area contributed by atoms with E-state index in [4.69, 9.17) is 5.73 Å². The lowest BCUT2D eigenvalue weighted by Gasteiger charge is -2.26. The number of hydrogen-bond donors (Lipinski definition) is 2. The van der Waals surface area contributed by atoms with Gasteiger partial charge in [0.2, 0.25) is 0 Å². The predicted molar refractivity (Wildman–Crippen MR) is 60.9 cm³/mol. The van der Waals surface area contributed by atoms with Crippen LogP contribution in [0.2, 0.25) is 0 Å². The van der Waals surface area contributed by atoms with Crippen LogP contribution >= 0.6 is 0 Å². The molecule has 1 heterocycles. The number of amides is 1. The number of rotatable bonds is 2. The van der Waals surface area contributed by atoms with Gasteiger partial charge >= 0.3 is 0 Å². The molecule has 88 valence electrons. The van der Waals surface area contributed by atoms with Crippen molar-refractivity contribution in [1.29, 1.82) is 0 Å². The Morgan fingerprint density at radius 3 is 3.06 bits per heavy atom. The minimum atomic E-state index is -0.0975. The molecule has 0 spiro atoms. The van der Waals surface area contributed by atoms with Crippen molar-refractivity contribution in [3.05, 3.63) is 18.2 Å². The summed E-state index contributed by atoms with van der Waals surface area (Å²) in [5.41, 5.74) is 6.35. The molecule has 0 aliphatic heterocycles. The van der Waals surface area contributed by atoms with E-state index in [1.807, 2.05) is 7.05 Å². The Bertz CT molecular complexity index is 374. The normalized spacial score (nSPS) is 25.4. The average Bonchev–Trinajstić information content (AvgIpc) is 2.65. The largest absolute Gasteiger partial charge is 0.348 e. The van der Waals surface area contributed by atoms with Crippen molar-refractivity contribution in [2.75, 3.05) is 0 Å². The van der Waals surface area contributed by atoms with Crippen molar-refractivity contribution >= 4 is 5.91 Å². The number of aromatic nitrogens is 2. The maximum Gasteiger partial charge on any atom is 0.271 e. The fraction of sp³-hybridized carbons (Fsp3) is 0.636. The van der Waals surface area contributed by atoms with Gasteiger partial charge in [-0.3, -0.25) is 4.79 Å². The van der Waals surface area contributed by atoms with E-state index in [2.05, 4.69) is 10.3 Å². The SMILES string of the molecule is Cn1cnc(C(=O)N[C@H]2CCC[C@@H](N)C2)c1. The second-order valence-electron chi connectivity index (χ2n) is 4.52. The first-order valence-corrected chi connectivity index (χ1v) is 5.69. The van der Waals surface area contributed by atoms with Gasteiger partial charge in [0.05, 0.1) is 6.33 Å². The third-order valence-electron chi connectivity index (χ3n) is 2.99. The van der Waals surface area contributed by atoms with Gasteiger partial charge in [0.1, 0.15) is 5.69 Å². The highest BCUT2D eigenvalue weighted by atomic mass is 16.2. The minimum absolute atomic E-state index is 0.0975. The average molecular weight is 222 g/mol. The molecular formula is C11H18N4O. The molecule has 3 N–H and O–H groups in total. The van der Waals surface area contributed by atoms with E-state index in [1.54, 1.807) is 17.1 Å². The standard InChI is InChI=1S/C11H18N4O/c1-15-6-10(13-7-15)11(16)14-9-4-2-3-8(12)5-9/h6-9H,2-5,12H2,1H3,(H,14,16)/t8-,9+/m1/s1. The molecule has 5 nitrogen and oxygen atoms in total. The van der Waals surface area contributed by atoms with Crippen molar-refractivity contribution in [3.63, 3.8) is 0 Å². The first kappa shape index (κ1) is 11.1. The quantitative estimate of drug-likeness (QED) is 0.761. The second-order valence-corrected chi connectivity index (χ2v) is 4.52. The van der Waals surface area contributed by atoms with Gasteiger partial charge in [0, 0.05) is 25.3 Å². The Morgan fingerprint density at radius 2 is 2.44 bits per heavy atom. The first-order valence-electron chi connectivity index (χ1n) is 5.69. The molecule has 16 heavy (non-hydrogen) atoms. The summed E-state index contributed by atoms with van der Waals surface area (Å²) in [5, 5.41) is 2.98. The molecule has 0 bridgehead atoms. The van der Waals surface area contributed by atoms with Crippen LogP contribution < -0.4 is 11.1 Å². The summed E-state index contributed by atoms with van der Waals surface area (Å²) in [4.78, 5) is 15.8. The van der Waals surface area contributed by atoms with Crippen LogP contribution in [0.1, 0.15) is 36.2 Å². The van der Waals surface area contributed by atoms with Crippen molar-refractivity contribution in [2.24, 2.45) is 12.8 Å². The van der Waals surface area contributed by atoms with Gasteiger partial charge in [-0.2, -0.15) is 0 Å². The van der Waals surface area contributed by atoms with Crippen LogP contribution in [0, 0.1) is 0 Å². The lowest BCUT2D eigenvalue weighted by molar-refractivity contribution is 0.0921. The molecule has 0 radical (unpaired) electrons. The second kappa shape index (κ2) is 4.65. The van der Waals surface area contributed by atoms with E-state index < -0.39 is 0 Å². The molecule has 0 aromatic carbocycles. The summed E-state index contributed by atoms with van der Waals surface area (Å²) >= 11 is 0. The van der Waals surface area contributed by atoms with Gasteiger partial charge in [-0.1, -0.05) is 0 Å². The Balaban J connectivity index is 1.92. The number of hydrogen-bond acceptors (Lipinski definition) is 3. The number of nitrogens with one attached hydrogen (secondary N) is 1. The zero-order valence-corrected chi connectivity index (χ0v) is 9.52. The van der Waals surface area contributed by atoms with Crippen molar-refractivity contribution in [1.82, 2.24) is 14.9 Å². The molecule has 1 aliphatic carbocycles. The van der Waals surface area contributed by atoms with Crippen LogP contribution in [-0.4, -0.2) is 27.5 Å². The van der Waals surface area contributed by atoms with E-state index in [1.165, 1.54) is 0 Å². The molecule has 0 unspecified atom stereocenters. The van der Waals surface area contributed by atoms with Crippen LogP contribution in [0.4, 0.5) is 0 Å². The van der Waals surface area contributed by atoms with E-state index >= 15 is 0 Å². The maximum atomic E-state index is 11.8. The smallest absolute Gasteiger partial charge is 0.271 e. The van der Waals surface area contributed by atoms with Gasteiger partial charge in [0.15, 0.2) is 0 Å². The fourth-order valence-corrected chi connectivity index (χ4v) is 2.15.